The molecule has 1 saturated heterocycles. The molecule has 1 aliphatic rings. The van der Waals surface area contributed by atoms with E-state index in [1.165, 1.54) is 17.7 Å². The minimum Gasteiger partial charge on any atom is -0.338 e. The molecule has 4 rings (SSSR count). The normalized spacial score (nSPS) is 18.6. The van der Waals surface area contributed by atoms with Crippen LogP contribution in [0, 0.1) is 6.92 Å². The van der Waals surface area contributed by atoms with E-state index in [2.05, 4.69) is 45.5 Å². The van der Waals surface area contributed by atoms with Gasteiger partial charge in [0.1, 0.15) is 0 Å². The highest BCUT2D eigenvalue weighted by Gasteiger charge is 2.28. The molecule has 0 N–H and O–H groups in total. The van der Waals surface area contributed by atoms with Crippen LogP contribution < -0.4 is 0 Å². The van der Waals surface area contributed by atoms with Crippen LogP contribution in [0.4, 0.5) is 0 Å². The minimum absolute atomic E-state index is 0.490. The number of aryl methyl sites for hydroxylation is 1. The van der Waals surface area contributed by atoms with Crippen molar-refractivity contribution < 1.29 is 4.52 Å². The molecule has 1 aromatic carbocycles. The first-order valence-corrected chi connectivity index (χ1v) is 8.85. The van der Waals surface area contributed by atoms with E-state index in [-0.39, 0.29) is 0 Å². The van der Waals surface area contributed by atoms with Crippen molar-refractivity contribution in [2.45, 2.75) is 32.4 Å². The van der Waals surface area contributed by atoms with Crippen LogP contribution in [0.3, 0.4) is 0 Å². The molecule has 1 aliphatic heterocycles. The summed E-state index contributed by atoms with van der Waals surface area (Å²) in [5, 5.41) is 6.31. The molecule has 1 atom stereocenters. The number of nitrogens with zero attached hydrogens (tertiary/aromatic N) is 3. The fraction of sp³-hybridized carbons (Fsp3) is 0.333. The maximum absolute atomic E-state index is 5.50. The number of likely N-dealkylation sites (tertiary alicyclic amines) is 1. The van der Waals surface area contributed by atoms with Crippen molar-refractivity contribution >= 4 is 11.3 Å². The molecule has 2 aromatic heterocycles. The number of hydrogen-bond acceptors (Lipinski definition) is 5. The van der Waals surface area contributed by atoms with Crippen LogP contribution in [0.5, 0.6) is 0 Å². The van der Waals surface area contributed by atoms with Gasteiger partial charge in [0.2, 0.25) is 11.7 Å². The molecule has 3 heterocycles. The molecule has 0 bridgehead atoms. The van der Waals surface area contributed by atoms with Crippen LogP contribution >= 0.6 is 11.3 Å². The predicted molar refractivity (Wildman–Crippen MR) is 91.2 cm³/mol. The summed E-state index contributed by atoms with van der Waals surface area (Å²) in [4.78, 5) is 8.48. The SMILES string of the molecule is Cc1ccccc1-c1noc(CN2CCCC2c2cccs2)n1. The number of thiophene rings is 1. The average Bonchev–Trinajstić information content (AvgIpc) is 3.29. The van der Waals surface area contributed by atoms with E-state index in [0.29, 0.717) is 17.8 Å². The molecule has 3 aromatic rings. The van der Waals surface area contributed by atoms with Crippen molar-refractivity contribution in [2.24, 2.45) is 0 Å². The van der Waals surface area contributed by atoms with Gasteiger partial charge in [-0.05, 0) is 43.3 Å². The Morgan fingerprint density at radius 3 is 3.00 bits per heavy atom. The van der Waals surface area contributed by atoms with E-state index in [4.69, 9.17) is 4.52 Å². The zero-order valence-corrected chi connectivity index (χ0v) is 13.9. The second-order valence-electron chi connectivity index (χ2n) is 5.97. The maximum Gasteiger partial charge on any atom is 0.241 e. The summed E-state index contributed by atoms with van der Waals surface area (Å²) in [5.74, 6) is 1.39. The molecule has 0 spiro atoms. The van der Waals surface area contributed by atoms with Gasteiger partial charge in [-0.2, -0.15) is 4.98 Å². The van der Waals surface area contributed by atoms with Gasteiger partial charge in [-0.1, -0.05) is 35.5 Å². The second-order valence-corrected chi connectivity index (χ2v) is 6.95. The van der Waals surface area contributed by atoms with E-state index < -0.39 is 0 Å². The quantitative estimate of drug-likeness (QED) is 0.711. The van der Waals surface area contributed by atoms with Gasteiger partial charge in [0.05, 0.1) is 6.54 Å². The highest BCUT2D eigenvalue weighted by molar-refractivity contribution is 7.10. The zero-order chi connectivity index (χ0) is 15.6. The Bertz CT molecular complexity index is 781. The molecule has 23 heavy (non-hydrogen) atoms. The monoisotopic (exact) mass is 325 g/mol. The van der Waals surface area contributed by atoms with E-state index in [1.54, 1.807) is 0 Å². The summed E-state index contributed by atoms with van der Waals surface area (Å²) < 4.78 is 5.50. The lowest BCUT2D eigenvalue weighted by atomic mass is 10.1. The van der Waals surface area contributed by atoms with Gasteiger partial charge in [0, 0.05) is 16.5 Å². The zero-order valence-electron chi connectivity index (χ0n) is 13.1. The molecule has 0 saturated carbocycles. The van der Waals surface area contributed by atoms with E-state index in [1.807, 2.05) is 29.5 Å². The van der Waals surface area contributed by atoms with Crippen LogP contribution in [0.15, 0.2) is 46.3 Å². The van der Waals surface area contributed by atoms with Crippen molar-refractivity contribution in [1.29, 1.82) is 0 Å². The summed E-state index contributed by atoms with van der Waals surface area (Å²) in [6, 6.07) is 13.0. The largest absolute Gasteiger partial charge is 0.338 e. The fourth-order valence-corrected chi connectivity index (χ4v) is 4.14. The Balaban J connectivity index is 1.53. The number of benzene rings is 1. The number of rotatable bonds is 4. The molecule has 4 nitrogen and oxygen atoms in total. The predicted octanol–water partition coefficient (Wildman–Crippen LogP) is 4.44. The second kappa shape index (κ2) is 6.26. The van der Waals surface area contributed by atoms with Crippen molar-refractivity contribution in [3.8, 4) is 11.4 Å². The summed E-state index contributed by atoms with van der Waals surface area (Å²) in [5.41, 5.74) is 2.20. The van der Waals surface area contributed by atoms with Gasteiger partial charge in [0.25, 0.3) is 0 Å². The maximum atomic E-state index is 5.50. The lowest BCUT2D eigenvalue weighted by Gasteiger charge is -2.21. The first-order chi connectivity index (χ1) is 11.3. The third kappa shape index (κ3) is 2.94. The van der Waals surface area contributed by atoms with Gasteiger partial charge >= 0.3 is 0 Å². The number of aromatic nitrogens is 2. The van der Waals surface area contributed by atoms with Crippen molar-refractivity contribution in [3.63, 3.8) is 0 Å². The van der Waals surface area contributed by atoms with Gasteiger partial charge < -0.3 is 4.52 Å². The van der Waals surface area contributed by atoms with Crippen molar-refractivity contribution in [1.82, 2.24) is 15.0 Å². The van der Waals surface area contributed by atoms with Gasteiger partial charge in [-0.25, -0.2) is 0 Å². The summed E-state index contributed by atoms with van der Waals surface area (Å²) in [7, 11) is 0. The topological polar surface area (TPSA) is 42.2 Å². The first-order valence-electron chi connectivity index (χ1n) is 7.97. The molecule has 0 amide bonds. The molecule has 0 radical (unpaired) electrons. The smallest absolute Gasteiger partial charge is 0.241 e. The van der Waals surface area contributed by atoms with Crippen molar-refractivity contribution in [3.05, 3.63) is 58.1 Å². The molecule has 118 valence electrons. The third-order valence-electron chi connectivity index (χ3n) is 4.43. The Hall–Kier alpha value is -1.98. The molecule has 1 fully saturated rings. The van der Waals surface area contributed by atoms with Crippen LogP contribution in [0.2, 0.25) is 0 Å². The molecule has 5 heteroatoms. The van der Waals surface area contributed by atoms with Crippen LogP contribution in [-0.4, -0.2) is 21.6 Å². The van der Waals surface area contributed by atoms with Crippen LogP contribution in [0.1, 0.15) is 35.2 Å². The van der Waals surface area contributed by atoms with E-state index in [0.717, 1.165) is 24.2 Å². The van der Waals surface area contributed by atoms with E-state index in [9.17, 15) is 0 Å². The lowest BCUT2D eigenvalue weighted by Crippen LogP contribution is -2.22. The summed E-state index contributed by atoms with van der Waals surface area (Å²) in [6.07, 6.45) is 2.43. The first kappa shape index (κ1) is 14.6. The Labute approximate surface area is 139 Å². The van der Waals surface area contributed by atoms with Gasteiger partial charge in [-0.3, -0.25) is 4.90 Å². The van der Waals surface area contributed by atoms with Gasteiger partial charge in [-0.15, -0.1) is 11.3 Å². The average molecular weight is 325 g/mol. The fourth-order valence-electron chi connectivity index (χ4n) is 3.24. The Kier molecular flexibility index (Phi) is 3.97. The van der Waals surface area contributed by atoms with Crippen molar-refractivity contribution in [2.75, 3.05) is 6.54 Å². The van der Waals surface area contributed by atoms with Crippen LogP contribution in [-0.2, 0) is 6.54 Å². The van der Waals surface area contributed by atoms with Crippen LogP contribution in [0.25, 0.3) is 11.4 Å². The molecule has 0 aliphatic carbocycles. The standard InChI is InChI=1S/C18H19N3OS/c1-13-6-2-3-7-14(13)18-19-17(22-20-18)12-21-10-4-8-15(21)16-9-5-11-23-16/h2-3,5-7,9,11,15H,4,8,10,12H2,1H3. The lowest BCUT2D eigenvalue weighted by molar-refractivity contribution is 0.214. The minimum atomic E-state index is 0.490. The Morgan fingerprint density at radius 1 is 1.26 bits per heavy atom. The molecular formula is C18H19N3OS. The molecule has 1 unspecified atom stereocenters. The summed E-state index contributed by atoms with van der Waals surface area (Å²) in [6.45, 7) is 3.88. The van der Waals surface area contributed by atoms with Gasteiger partial charge in [0.15, 0.2) is 0 Å². The van der Waals surface area contributed by atoms with E-state index >= 15 is 0 Å². The molecular weight excluding hydrogens is 306 g/mol. The third-order valence-corrected chi connectivity index (χ3v) is 5.40. The number of hydrogen-bond donors (Lipinski definition) is 0. The summed E-state index contributed by atoms with van der Waals surface area (Å²) >= 11 is 1.83. The highest BCUT2D eigenvalue weighted by atomic mass is 32.1. The highest BCUT2D eigenvalue weighted by Crippen LogP contribution is 2.35. The Morgan fingerprint density at radius 2 is 2.17 bits per heavy atom.